The predicted molar refractivity (Wildman–Crippen MR) is 250 cm³/mol. The quantitative estimate of drug-likeness (QED) is 0.0853. The minimum Gasteiger partial charge on any atom is -0.356 e. The molecule has 8 heterocycles. The molecule has 4 fully saturated rings. The number of rotatable bonds is 8. The standard InChI is InChI=1S/C25H28F3N7.C24H25ClF3N7/c1-14-10-20(30-13-29-14)34-11-15-5-6-16(12-34)23(15)31-25-32-24-18(4-2-3-9-35(24)33-25)17-7-8-19(26)22(28)21(17)27;25-18-9-19(30-12-29-18)34-10-13-4-5-14(11-34)22(13)31-24-32-23-16(3-1-2-8-35(23)33-24)15-6-7-17(26)21(28)20(15)27/h7-8,10,13,15-16,18,23H,2-6,9,11-12H2,1H3,(H,31,33);6-7,9,12-14,16,22H,1-5,8,10-11H2,(H,31,33)/t15-,16+,18-,23?;13-,14+,16-,22?/m11/s1. The molecule has 70 heavy (non-hydrogen) atoms. The maximum absolute atomic E-state index is 14.7. The SMILES string of the molecule is Cc1cc(N2C[C@H]3CC[C@@H](C2)C3Nc2nc3n(n2)CCCC[C@@H]3c2ccc(F)c(F)c2F)ncn1.Fc1ccc([C@H]2CCCCn3nc(NC4[C@@H]5CC[C@H]4CN(c4cc(Cl)ncn4)C5)nc32)c(F)c1F. The molecule has 4 bridgehead atoms. The van der Waals surface area contributed by atoms with Crippen LogP contribution in [0, 0.1) is 65.5 Å². The van der Waals surface area contributed by atoms with Crippen LogP contribution in [-0.2, 0) is 13.1 Å². The molecule has 12 rings (SSSR count). The lowest BCUT2D eigenvalue weighted by Crippen LogP contribution is -2.48. The van der Waals surface area contributed by atoms with Crippen LogP contribution in [0.2, 0.25) is 5.15 Å². The number of halogens is 7. The number of hydrogen-bond donors (Lipinski definition) is 2. The summed E-state index contributed by atoms with van der Waals surface area (Å²) in [5.41, 5.74) is 1.22. The molecule has 368 valence electrons. The third kappa shape index (κ3) is 9.00. The van der Waals surface area contributed by atoms with Gasteiger partial charge in [-0.3, -0.25) is 0 Å². The lowest BCUT2D eigenvalue weighted by molar-refractivity contribution is 0.374. The second-order valence-corrected chi connectivity index (χ2v) is 20.1. The second-order valence-electron chi connectivity index (χ2n) is 19.7. The van der Waals surface area contributed by atoms with Crippen LogP contribution in [0.15, 0.2) is 49.1 Å². The summed E-state index contributed by atoms with van der Waals surface area (Å²) in [5.74, 6) is -2.74. The zero-order chi connectivity index (χ0) is 48.2. The zero-order valence-corrected chi connectivity index (χ0v) is 39.3. The van der Waals surface area contributed by atoms with Crippen LogP contribution in [0.1, 0.15) is 105 Å². The van der Waals surface area contributed by atoms with Crippen LogP contribution >= 0.6 is 11.6 Å². The van der Waals surface area contributed by atoms with Gasteiger partial charge in [0, 0.05) is 92.1 Å². The molecule has 2 saturated heterocycles. The van der Waals surface area contributed by atoms with Crippen LogP contribution in [-0.4, -0.2) is 87.7 Å². The average Bonchev–Trinajstić information content (AvgIpc) is 3.97. The molecule has 2 aliphatic carbocycles. The first kappa shape index (κ1) is 46.3. The maximum atomic E-state index is 14.7. The Morgan fingerprint density at radius 2 is 0.971 bits per heavy atom. The Morgan fingerprint density at radius 3 is 1.41 bits per heavy atom. The Hall–Kier alpha value is -6.05. The van der Waals surface area contributed by atoms with E-state index in [-0.39, 0.29) is 23.2 Å². The molecule has 14 nitrogen and oxygen atoms in total. The van der Waals surface area contributed by atoms with E-state index in [1.165, 1.54) is 18.5 Å². The van der Waals surface area contributed by atoms with Gasteiger partial charge in [-0.15, -0.1) is 10.2 Å². The summed E-state index contributed by atoms with van der Waals surface area (Å²) in [7, 11) is 0. The molecular weight excluding hydrogens is 934 g/mol. The highest BCUT2D eigenvalue weighted by Crippen LogP contribution is 2.43. The van der Waals surface area contributed by atoms with Crippen molar-refractivity contribution in [3.05, 3.63) is 118 Å². The topological polar surface area (TPSA) is 144 Å². The predicted octanol–water partition coefficient (Wildman–Crippen LogP) is 9.22. The van der Waals surface area contributed by atoms with Crippen LogP contribution in [0.25, 0.3) is 0 Å². The van der Waals surface area contributed by atoms with E-state index in [1.807, 2.05) is 13.0 Å². The molecule has 0 spiro atoms. The largest absolute Gasteiger partial charge is 0.356 e. The molecule has 6 aliphatic rings. The molecule has 2 aromatic carbocycles. The van der Waals surface area contributed by atoms with Crippen molar-refractivity contribution in [1.29, 1.82) is 0 Å². The van der Waals surface area contributed by atoms with Gasteiger partial charge in [-0.1, -0.05) is 36.6 Å². The summed E-state index contributed by atoms with van der Waals surface area (Å²) in [6.07, 6.45) is 12.1. The van der Waals surface area contributed by atoms with E-state index in [4.69, 9.17) is 26.7 Å². The lowest BCUT2D eigenvalue weighted by atomic mass is 9.92. The van der Waals surface area contributed by atoms with E-state index in [2.05, 4.69) is 45.5 Å². The first-order valence-electron chi connectivity index (χ1n) is 24.4. The van der Waals surface area contributed by atoms with Gasteiger partial charge in [0.2, 0.25) is 11.9 Å². The van der Waals surface area contributed by atoms with Crippen molar-refractivity contribution in [1.82, 2.24) is 49.5 Å². The van der Waals surface area contributed by atoms with Crippen LogP contribution in [0.4, 0.5) is 49.9 Å². The molecule has 8 atom stereocenters. The monoisotopic (exact) mass is 986 g/mol. The number of nitrogens with one attached hydrogen (secondary N) is 2. The van der Waals surface area contributed by atoms with E-state index < -0.39 is 46.7 Å². The summed E-state index contributed by atoms with van der Waals surface area (Å²) in [6, 6.07) is 8.91. The van der Waals surface area contributed by atoms with Gasteiger partial charge in [0.1, 0.15) is 41.1 Å². The second kappa shape index (κ2) is 19.3. The van der Waals surface area contributed by atoms with Crippen molar-refractivity contribution in [2.45, 2.75) is 108 Å². The molecule has 2 N–H and O–H groups in total. The highest BCUT2D eigenvalue weighted by atomic mass is 35.5. The number of aromatic nitrogens is 10. The number of anilines is 4. The number of hydrogen-bond acceptors (Lipinski definition) is 12. The molecule has 2 saturated carbocycles. The lowest BCUT2D eigenvalue weighted by Gasteiger charge is -2.38. The molecule has 21 heteroatoms. The Morgan fingerprint density at radius 1 is 0.529 bits per heavy atom. The zero-order valence-electron chi connectivity index (χ0n) is 38.6. The highest BCUT2D eigenvalue weighted by Gasteiger charge is 2.45. The molecule has 6 aromatic rings. The molecule has 0 radical (unpaired) electrons. The average molecular weight is 988 g/mol. The summed E-state index contributed by atoms with van der Waals surface area (Å²) in [5, 5.41) is 17.0. The smallest absolute Gasteiger partial charge is 0.242 e. The summed E-state index contributed by atoms with van der Waals surface area (Å²) in [6.45, 7) is 6.80. The Balaban J connectivity index is 0.000000152. The fourth-order valence-corrected chi connectivity index (χ4v) is 12.2. The third-order valence-corrected chi connectivity index (χ3v) is 15.7. The van der Waals surface area contributed by atoms with Crippen molar-refractivity contribution in [3.8, 4) is 0 Å². The molecule has 4 aliphatic heterocycles. The number of piperidine rings is 2. The van der Waals surface area contributed by atoms with Crippen molar-refractivity contribution in [2.75, 3.05) is 46.6 Å². The van der Waals surface area contributed by atoms with Gasteiger partial charge >= 0.3 is 0 Å². The first-order chi connectivity index (χ1) is 33.9. The number of aryl methyl sites for hydroxylation is 3. The van der Waals surface area contributed by atoms with E-state index in [0.717, 1.165) is 107 Å². The van der Waals surface area contributed by atoms with Crippen molar-refractivity contribution >= 4 is 35.1 Å². The van der Waals surface area contributed by atoms with Gasteiger partial charge in [0.05, 0.1) is 0 Å². The summed E-state index contributed by atoms with van der Waals surface area (Å²) < 4.78 is 88.0. The van der Waals surface area contributed by atoms with Crippen molar-refractivity contribution in [3.63, 3.8) is 0 Å². The Bertz CT molecular complexity index is 2660. The third-order valence-electron chi connectivity index (χ3n) is 15.4. The molecule has 0 amide bonds. The number of benzene rings is 2. The Kier molecular flexibility index (Phi) is 12.8. The van der Waals surface area contributed by atoms with Crippen molar-refractivity contribution in [2.24, 2.45) is 23.7 Å². The Labute approximate surface area is 405 Å². The normalized spacial score (nSPS) is 25.9. The van der Waals surface area contributed by atoms with Crippen LogP contribution in [0.3, 0.4) is 0 Å². The summed E-state index contributed by atoms with van der Waals surface area (Å²) >= 11 is 6.06. The van der Waals surface area contributed by atoms with E-state index >= 15 is 0 Å². The van der Waals surface area contributed by atoms with Gasteiger partial charge < -0.3 is 20.4 Å². The van der Waals surface area contributed by atoms with Crippen molar-refractivity contribution < 1.29 is 26.3 Å². The van der Waals surface area contributed by atoms with Gasteiger partial charge in [0.15, 0.2) is 34.9 Å². The molecule has 2 unspecified atom stereocenters. The van der Waals surface area contributed by atoms with E-state index in [0.29, 0.717) is 78.3 Å². The molecule has 4 aromatic heterocycles. The van der Waals surface area contributed by atoms with Gasteiger partial charge in [-0.2, -0.15) is 9.97 Å². The van der Waals surface area contributed by atoms with E-state index in [9.17, 15) is 26.3 Å². The van der Waals surface area contributed by atoms with E-state index in [1.54, 1.807) is 21.8 Å². The number of nitrogens with zero attached hydrogens (tertiary/aromatic N) is 12. The fraction of sp³-hybridized carbons (Fsp3) is 0.510. The highest BCUT2D eigenvalue weighted by molar-refractivity contribution is 6.29. The fourth-order valence-electron chi connectivity index (χ4n) is 12.1. The number of fused-ring (bicyclic) bond motifs is 6. The molecular formula is C49H53ClF6N14. The van der Waals surface area contributed by atoms with Crippen LogP contribution in [0.5, 0.6) is 0 Å². The first-order valence-corrected chi connectivity index (χ1v) is 24.8. The van der Waals surface area contributed by atoms with Gasteiger partial charge in [-0.05, 0) is 94.1 Å². The van der Waals surface area contributed by atoms with Gasteiger partial charge in [0.25, 0.3) is 0 Å². The maximum Gasteiger partial charge on any atom is 0.242 e. The van der Waals surface area contributed by atoms with Crippen LogP contribution < -0.4 is 20.4 Å². The minimum absolute atomic E-state index is 0.128. The minimum atomic E-state index is -1.44. The van der Waals surface area contributed by atoms with Gasteiger partial charge in [-0.25, -0.2) is 55.6 Å². The summed E-state index contributed by atoms with van der Waals surface area (Å²) in [4.78, 5) is 31.1.